The highest BCUT2D eigenvalue weighted by Gasteiger charge is 2.14. The van der Waals surface area contributed by atoms with Gasteiger partial charge in [0, 0.05) is 6.54 Å². The number of benzene rings is 1. The van der Waals surface area contributed by atoms with E-state index < -0.39 is 5.97 Å². The second-order valence-electron chi connectivity index (χ2n) is 4.57. The van der Waals surface area contributed by atoms with Crippen LogP contribution in [0.1, 0.15) is 22.8 Å². The van der Waals surface area contributed by atoms with Crippen LogP contribution in [0.4, 0.5) is 5.82 Å². The minimum Gasteiger partial charge on any atom is -0.495 e. The van der Waals surface area contributed by atoms with Gasteiger partial charge in [0.05, 0.1) is 18.7 Å². The van der Waals surface area contributed by atoms with Crippen LogP contribution in [0.15, 0.2) is 30.3 Å². The molecule has 5 nitrogen and oxygen atoms in total. The van der Waals surface area contributed by atoms with Crippen molar-refractivity contribution in [2.24, 2.45) is 0 Å². The van der Waals surface area contributed by atoms with E-state index in [2.05, 4.69) is 10.3 Å². The third-order valence-corrected chi connectivity index (χ3v) is 3.54. The summed E-state index contributed by atoms with van der Waals surface area (Å²) in [4.78, 5) is 16.1. The van der Waals surface area contributed by atoms with E-state index in [1.807, 2.05) is 6.07 Å². The molecule has 0 saturated heterocycles. The zero-order valence-electron chi connectivity index (χ0n) is 12.7. The van der Waals surface area contributed by atoms with Crippen molar-refractivity contribution in [2.75, 3.05) is 19.0 Å². The van der Waals surface area contributed by atoms with Gasteiger partial charge >= 0.3 is 5.97 Å². The van der Waals surface area contributed by atoms with Crippen LogP contribution in [0.25, 0.3) is 0 Å². The zero-order chi connectivity index (χ0) is 16.8. The first-order chi connectivity index (χ1) is 11.0. The smallest absolute Gasteiger partial charge is 0.341 e. The number of esters is 1. The average Bonchev–Trinajstić information content (AvgIpc) is 2.53. The van der Waals surface area contributed by atoms with Crippen molar-refractivity contribution in [1.82, 2.24) is 4.98 Å². The summed E-state index contributed by atoms with van der Waals surface area (Å²) >= 11 is 12.0. The Morgan fingerprint density at radius 3 is 2.70 bits per heavy atom. The Bertz CT molecular complexity index is 708. The summed E-state index contributed by atoms with van der Waals surface area (Å²) < 4.78 is 10.1. The van der Waals surface area contributed by atoms with Crippen LogP contribution < -0.4 is 10.1 Å². The quantitative estimate of drug-likeness (QED) is 0.622. The van der Waals surface area contributed by atoms with Crippen LogP contribution in [0.3, 0.4) is 0 Å². The average molecular weight is 355 g/mol. The van der Waals surface area contributed by atoms with Gasteiger partial charge in [-0.25, -0.2) is 9.78 Å². The van der Waals surface area contributed by atoms with Gasteiger partial charge in [0.15, 0.2) is 0 Å². The number of ether oxygens (including phenoxy) is 2. The van der Waals surface area contributed by atoms with E-state index in [9.17, 15) is 4.79 Å². The van der Waals surface area contributed by atoms with Gasteiger partial charge in [0.1, 0.15) is 22.3 Å². The summed E-state index contributed by atoms with van der Waals surface area (Å²) in [5.74, 6) is 0.512. The molecule has 0 amide bonds. The van der Waals surface area contributed by atoms with Gasteiger partial charge in [-0.15, -0.1) is 0 Å². The van der Waals surface area contributed by atoms with E-state index in [1.165, 1.54) is 0 Å². The van der Waals surface area contributed by atoms with Gasteiger partial charge in [-0.3, -0.25) is 0 Å². The molecule has 122 valence electrons. The lowest BCUT2D eigenvalue weighted by molar-refractivity contribution is 0.0527. The molecule has 1 N–H and O–H groups in total. The number of hydrogen-bond acceptors (Lipinski definition) is 5. The SMILES string of the molecule is CCOC(=O)c1ccc(Cl)nc1NCc1ccc(OC)c(Cl)c1. The lowest BCUT2D eigenvalue weighted by Gasteiger charge is -2.11. The minimum absolute atomic E-state index is 0.285. The normalized spacial score (nSPS) is 10.3. The molecule has 0 bridgehead atoms. The fourth-order valence-electron chi connectivity index (χ4n) is 1.95. The molecule has 1 aromatic carbocycles. The number of carbonyl (C=O) groups excluding carboxylic acids is 1. The van der Waals surface area contributed by atoms with Crippen LogP contribution in [-0.2, 0) is 11.3 Å². The van der Waals surface area contributed by atoms with Crippen molar-refractivity contribution in [3.8, 4) is 5.75 Å². The molecule has 1 heterocycles. The van der Waals surface area contributed by atoms with E-state index >= 15 is 0 Å². The summed E-state index contributed by atoms with van der Waals surface area (Å²) in [6.07, 6.45) is 0. The molecule has 2 aromatic rings. The summed E-state index contributed by atoms with van der Waals surface area (Å²) in [7, 11) is 1.56. The zero-order valence-corrected chi connectivity index (χ0v) is 14.2. The number of carbonyl (C=O) groups is 1. The number of nitrogens with one attached hydrogen (secondary N) is 1. The third kappa shape index (κ3) is 4.50. The third-order valence-electron chi connectivity index (χ3n) is 3.03. The van der Waals surface area contributed by atoms with Gasteiger partial charge in [0.25, 0.3) is 0 Å². The molecule has 0 aliphatic heterocycles. The molecule has 0 aliphatic rings. The largest absolute Gasteiger partial charge is 0.495 e. The van der Waals surface area contributed by atoms with E-state index in [1.54, 1.807) is 38.3 Å². The molecule has 0 unspecified atom stereocenters. The minimum atomic E-state index is -0.452. The molecule has 2 rings (SSSR count). The Hall–Kier alpha value is -1.98. The van der Waals surface area contributed by atoms with Crippen molar-refractivity contribution in [3.63, 3.8) is 0 Å². The maximum Gasteiger partial charge on any atom is 0.341 e. The van der Waals surface area contributed by atoms with Crippen molar-refractivity contribution >= 4 is 35.0 Å². The topological polar surface area (TPSA) is 60.5 Å². The Labute approximate surface area is 144 Å². The first kappa shape index (κ1) is 17.4. The fraction of sp³-hybridized carbons (Fsp3) is 0.250. The van der Waals surface area contributed by atoms with Crippen LogP contribution in [0.2, 0.25) is 10.2 Å². The van der Waals surface area contributed by atoms with Gasteiger partial charge in [-0.05, 0) is 36.8 Å². The van der Waals surface area contributed by atoms with Crippen LogP contribution >= 0.6 is 23.2 Å². The van der Waals surface area contributed by atoms with Crippen LogP contribution in [-0.4, -0.2) is 24.7 Å². The molecule has 0 atom stereocenters. The predicted octanol–water partition coefficient (Wildman–Crippen LogP) is 4.19. The highest BCUT2D eigenvalue weighted by atomic mass is 35.5. The number of halogens is 2. The number of hydrogen-bond donors (Lipinski definition) is 1. The fourth-order valence-corrected chi connectivity index (χ4v) is 2.38. The number of nitrogens with zero attached hydrogens (tertiary/aromatic N) is 1. The monoisotopic (exact) mass is 354 g/mol. The maximum absolute atomic E-state index is 11.9. The number of anilines is 1. The molecule has 0 spiro atoms. The van der Waals surface area contributed by atoms with Crippen molar-refractivity contribution in [3.05, 3.63) is 51.6 Å². The van der Waals surface area contributed by atoms with Gasteiger partial charge in [0.2, 0.25) is 0 Å². The van der Waals surface area contributed by atoms with Gasteiger partial charge in [-0.2, -0.15) is 0 Å². The first-order valence-electron chi connectivity index (χ1n) is 6.95. The molecule has 23 heavy (non-hydrogen) atoms. The Balaban J connectivity index is 2.18. The second kappa shape index (κ2) is 8.04. The molecule has 0 radical (unpaired) electrons. The second-order valence-corrected chi connectivity index (χ2v) is 5.37. The summed E-state index contributed by atoms with van der Waals surface area (Å²) in [6.45, 7) is 2.45. The van der Waals surface area contributed by atoms with Crippen LogP contribution in [0.5, 0.6) is 5.75 Å². The summed E-state index contributed by atoms with van der Waals surface area (Å²) in [5.41, 5.74) is 1.24. The van der Waals surface area contributed by atoms with Crippen molar-refractivity contribution in [1.29, 1.82) is 0 Å². The van der Waals surface area contributed by atoms with Gasteiger partial charge in [-0.1, -0.05) is 29.3 Å². The lowest BCUT2D eigenvalue weighted by atomic mass is 10.2. The standard InChI is InChI=1S/C16H16Cl2N2O3/c1-3-23-16(21)11-5-7-14(18)20-15(11)19-9-10-4-6-13(22-2)12(17)8-10/h4-8H,3,9H2,1-2H3,(H,19,20). The van der Waals surface area contributed by atoms with E-state index in [-0.39, 0.29) is 11.8 Å². The molecule has 0 saturated carbocycles. The number of rotatable bonds is 6. The molecular formula is C16H16Cl2N2O3. The van der Waals surface area contributed by atoms with Crippen molar-refractivity contribution < 1.29 is 14.3 Å². The molecule has 0 aliphatic carbocycles. The molecule has 1 aromatic heterocycles. The molecule has 7 heteroatoms. The Morgan fingerprint density at radius 2 is 2.04 bits per heavy atom. The van der Waals surface area contributed by atoms with Gasteiger partial charge < -0.3 is 14.8 Å². The number of methoxy groups -OCH3 is 1. The highest BCUT2D eigenvalue weighted by Crippen LogP contribution is 2.25. The Morgan fingerprint density at radius 1 is 1.26 bits per heavy atom. The van der Waals surface area contributed by atoms with Crippen molar-refractivity contribution in [2.45, 2.75) is 13.5 Å². The molecule has 0 fully saturated rings. The predicted molar refractivity (Wildman–Crippen MR) is 90.5 cm³/mol. The Kier molecular flexibility index (Phi) is 6.07. The van der Waals surface area contributed by atoms with E-state index in [0.29, 0.717) is 28.7 Å². The highest BCUT2D eigenvalue weighted by molar-refractivity contribution is 6.32. The summed E-state index contributed by atoms with van der Waals surface area (Å²) in [6, 6.07) is 8.55. The summed E-state index contributed by atoms with van der Waals surface area (Å²) in [5, 5.41) is 3.87. The van der Waals surface area contributed by atoms with E-state index in [4.69, 9.17) is 32.7 Å². The van der Waals surface area contributed by atoms with E-state index in [0.717, 1.165) is 5.56 Å². The lowest BCUT2D eigenvalue weighted by Crippen LogP contribution is -2.11. The first-order valence-corrected chi connectivity index (χ1v) is 7.70. The van der Waals surface area contributed by atoms with Crippen LogP contribution in [0, 0.1) is 0 Å². The number of pyridine rings is 1. The maximum atomic E-state index is 11.9. The number of aromatic nitrogens is 1. The molecular weight excluding hydrogens is 339 g/mol.